The summed E-state index contributed by atoms with van der Waals surface area (Å²) in [5.74, 6) is 0. The van der Waals surface area contributed by atoms with Gasteiger partial charge in [-0.15, -0.1) is 11.3 Å². The second-order valence-corrected chi connectivity index (χ2v) is 5.73. The van der Waals surface area contributed by atoms with Crippen LogP contribution >= 0.6 is 11.3 Å². The van der Waals surface area contributed by atoms with Crippen LogP contribution in [0, 0.1) is 0 Å². The van der Waals surface area contributed by atoms with Gasteiger partial charge in [0.1, 0.15) is 0 Å². The van der Waals surface area contributed by atoms with Crippen LogP contribution in [0.15, 0.2) is 36.4 Å². The molecule has 2 N–H and O–H groups in total. The highest BCUT2D eigenvalue weighted by atomic mass is 32.1. The maximum atomic E-state index is 6.09. The van der Waals surface area contributed by atoms with Crippen molar-refractivity contribution in [3.05, 3.63) is 46.8 Å². The van der Waals surface area contributed by atoms with Gasteiger partial charge in [-0.2, -0.15) is 0 Å². The minimum absolute atomic E-state index is 0.157. The van der Waals surface area contributed by atoms with Crippen LogP contribution < -0.4 is 5.73 Å². The van der Waals surface area contributed by atoms with Crippen molar-refractivity contribution in [2.24, 2.45) is 5.73 Å². The van der Waals surface area contributed by atoms with E-state index in [0.29, 0.717) is 0 Å². The summed E-state index contributed by atoms with van der Waals surface area (Å²) in [4.78, 5) is 2.56. The minimum atomic E-state index is 0.157. The Kier molecular flexibility index (Phi) is 5.14. The molecule has 0 aliphatic heterocycles. The van der Waals surface area contributed by atoms with Crippen LogP contribution in [0.4, 0.5) is 0 Å². The van der Waals surface area contributed by atoms with Crippen molar-refractivity contribution in [1.29, 1.82) is 0 Å². The molecule has 0 amide bonds. The Morgan fingerprint density at radius 1 is 1.21 bits per heavy atom. The summed E-state index contributed by atoms with van der Waals surface area (Å²) in [6.07, 6.45) is 1.92. The van der Waals surface area contributed by atoms with Crippen LogP contribution in [0.5, 0.6) is 0 Å². The molecule has 1 heterocycles. The van der Waals surface area contributed by atoms with Crippen molar-refractivity contribution in [1.82, 2.24) is 0 Å². The molecule has 0 bridgehead atoms. The number of nitrogens with two attached hydrogens (primary N) is 1. The number of hydrogen-bond donors (Lipinski definition) is 1. The van der Waals surface area contributed by atoms with E-state index in [1.54, 1.807) is 18.4 Å². The molecular formula is C16H21NOS. The van der Waals surface area contributed by atoms with Gasteiger partial charge in [-0.25, -0.2) is 0 Å². The summed E-state index contributed by atoms with van der Waals surface area (Å²) < 4.78 is 5.18. The van der Waals surface area contributed by atoms with E-state index in [-0.39, 0.29) is 6.04 Å². The van der Waals surface area contributed by atoms with Gasteiger partial charge in [0.25, 0.3) is 0 Å². The van der Waals surface area contributed by atoms with Crippen LogP contribution in [-0.4, -0.2) is 13.7 Å². The maximum absolute atomic E-state index is 6.09. The summed E-state index contributed by atoms with van der Waals surface area (Å²) in [5.41, 5.74) is 8.74. The molecule has 0 fully saturated rings. The fraction of sp³-hybridized carbons (Fsp3) is 0.375. The van der Waals surface area contributed by atoms with Crippen molar-refractivity contribution >= 4 is 11.3 Å². The van der Waals surface area contributed by atoms with E-state index in [2.05, 4.69) is 43.3 Å². The third-order valence-corrected chi connectivity index (χ3v) is 4.54. The average Bonchev–Trinajstić information content (AvgIpc) is 2.94. The number of hydrogen-bond acceptors (Lipinski definition) is 3. The normalized spacial score (nSPS) is 12.6. The average molecular weight is 275 g/mol. The SMILES string of the molecule is CCC(N)c1ccc(-c2ccccc2CCOC)s1. The predicted molar refractivity (Wildman–Crippen MR) is 82.6 cm³/mol. The van der Waals surface area contributed by atoms with Gasteiger partial charge in [-0.1, -0.05) is 31.2 Å². The first-order valence-electron chi connectivity index (χ1n) is 6.68. The largest absolute Gasteiger partial charge is 0.384 e. The first kappa shape index (κ1) is 14.3. The van der Waals surface area contributed by atoms with Crippen molar-refractivity contribution in [2.45, 2.75) is 25.8 Å². The fourth-order valence-electron chi connectivity index (χ4n) is 2.09. The van der Waals surface area contributed by atoms with Gasteiger partial charge in [0.05, 0.1) is 6.61 Å². The Balaban J connectivity index is 2.28. The number of thiophene rings is 1. The third kappa shape index (κ3) is 3.44. The van der Waals surface area contributed by atoms with E-state index in [9.17, 15) is 0 Å². The molecule has 2 rings (SSSR count). The van der Waals surface area contributed by atoms with Gasteiger partial charge >= 0.3 is 0 Å². The summed E-state index contributed by atoms with van der Waals surface area (Å²) in [6, 6.07) is 13.0. The lowest BCUT2D eigenvalue weighted by atomic mass is 10.0. The summed E-state index contributed by atoms with van der Waals surface area (Å²) >= 11 is 1.80. The van der Waals surface area contributed by atoms with E-state index in [1.165, 1.54) is 20.9 Å². The molecule has 0 saturated heterocycles. The molecule has 1 aromatic carbocycles. The molecule has 0 aliphatic rings. The van der Waals surface area contributed by atoms with E-state index in [0.717, 1.165) is 19.4 Å². The monoisotopic (exact) mass is 275 g/mol. The highest BCUT2D eigenvalue weighted by Gasteiger charge is 2.10. The zero-order valence-electron chi connectivity index (χ0n) is 11.6. The lowest BCUT2D eigenvalue weighted by Crippen LogP contribution is -2.05. The molecule has 0 radical (unpaired) electrons. The quantitative estimate of drug-likeness (QED) is 0.864. The molecule has 3 heteroatoms. The molecule has 2 nitrogen and oxygen atoms in total. The molecule has 1 atom stereocenters. The van der Waals surface area contributed by atoms with Crippen molar-refractivity contribution in [3.63, 3.8) is 0 Å². The minimum Gasteiger partial charge on any atom is -0.384 e. The van der Waals surface area contributed by atoms with Crippen molar-refractivity contribution in [2.75, 3.05) is 13.7 Å². The number of methoxy groups -OCH3 is 1. The zero-order valence-corrected chi connectivity index (χ0v) is 12.4. The topological polar surface area (TPSA) is 35.2 Å². The Labute approximate surface area is 119 Å². The van der Waals surface area contributed by atoms with E-state index >= 15 is 0 Å². The molecule has 0 aliphatic carbocycles. The summed E-state index contributed by atoms with van der Waals surface area (Å²) in [7, 11) is 1.74. The highest BCUT2D eigenvalue weighted by Crippen LogP contribution is 2.33. The van der Waals surface area contributed by atoms with Gasteiger partial charge in [0, 0.05) is 22.9 Å². The second-order valence-electron chi connectivity index (χ2n) is 4.62. The Hall–Kier alpha value is -1.16. The number of rotatable bonds is 6. The standard InChI is InChI=1S/C16H21NOS/c1-3-14(17)16-9-8-15(19-16)13-7-5-4-6-12(13)10-11-18-2/h4-9,14H,3,10-11,17H2,1-2H3. The van der Waals surface area contributed by atoms with Gasteiger partial charge < -0.3 is 10.5 Å². The lowest BCUT2D eigenvalue weighted by Gasteiger charge is -2.08. The fourth-order valence-corrected chi connectivity index (χ4v) is 3.24. The molecule has 1 aromatic heterocycles. The highest BCUT2D eigenvalue weighted by molar-refractivity contribution is 7.15. The van der Waals surface area contributed by atoms with Crippen LogP contribution in [0.25, 0.3) is 10.4 Å². The molecule has 0 spiro atoms. The Morgan fingerprint density at radius 3 is 2.74 bits per heavy atom. The summed E-state index contributed by atoms with van der Waals surface area (Å²) in [5, 5.41) is 0. The maximum Gasteiger partial charge on any atom is 0.0502 e. The van der Waals surface area contributed by atoms with Gasteiger partial charge in [-0.3, -0.25) is 0 Å². The molecule has 0 saturated carbocycles. The third-order valence-electron chi connectivity index (χ3n) is 3.29. The van der Waals surface area contributed by atoms with E-state index in [4.69, 9.17) is 10.5 Å². The predicted octanol–water partition coefficient (Wildman–Crippen LogP) is 4.01. The molecular weight excluding hydrogens is 254 g/mol. The van der Waals surface area contributed by atoms with Crippen molar-refractivity contribution in [3.8, 4) is 10.4 Å². The van der Waals surface area contributed by atoms with E-state index in [1.807, 2.05) is 0 Å². The van der Waals surface area contributed by atoms with Crippen molar-refractivity contribution < 1.29 is 4.74 Å². The summed E-state index contributed by atoms with van der Waals surface area (Å²) in [6.45, 7) is 2.88. The second kappa shape index (κ2) is 6.85. The van der Waals surface area contributed by atoms with Crippen LogP contribution in [0.2, 0.25) is 0 Å². The first-order valence-corrected chi connectivity index (χ1v) is 7.50. The zero-order chi connectivity index (χ0) is 13.7. The molecule has 1 unspecified atom stereocenters. The first-order chi connectivity index (χ1) is 9.26. The number of benzene rings is 1. The van der Waals surface area contributed by atoms with Crippen LogP contribution in [0.1, 0.15) is 29.8 Å². The Bertz CT molecular complexity index is 521. The molecule has 19 heavy (non-hydrogen) atoms. The van der Waals surface area contributed by atoms with Gasteiger partial charge in [-0.05, 0) is 36.1 Å². The van der Waals surface area contributed by atoms with Gasteiger partial charge in [0.2, 0.25) is 0 Å². The molecule has 2 aromatic rings. The smallest absolute Gasteiger partial charge is 0.0502 e. The lowest BCUT2D eigenvalue weighted by molar-refractivity contribution is 0.202. The van der Waals surface area contributed by atoms with Gasteiger partial charge in [0.15, 0.2) is 0 Å². The van der Waals surface area contributed by atoms with Crippen LogP contribution in [0.3, 0.4) is 0 Å². The molecule has 102 valence electrons. The van der Waals surface area contributed by atoms with E-state index < -0.39 is 0 Å². The van der Waals surface area contributed by atoms with Crippen LogP contribution in [-0.2, 0) is 11.2 Å². The number of ether oxygens (including phenoxy) is 1. The Morgan fingerprint density at radius 2 is 2.00 bits per heavy atom.